The minimum atomic E-state index is -3.07. The molecule has 2 amide bonds. The highest BCUT2D eigenvalue weighted by Gasteiger charge is 2.41. The molecule has 1 N–H and O–H groups in total. The third-order valence-corrected chi connectivity index (χ3v) is 5.77. The maximum absolute atomic E-state index is 13.2. The fourth-order valence-electron chi connectivity index (χ4n) is 2.68. The molecule has 23 heavy (non-hydrogen) atoms. The van der Waals surface area contributed by atoms with Gasteiger partial charge in [0.05, 0.1) is 11.5 Å². The van der Waals surface area contributed by atoms with Gasteiger partial charge in [0, 0.05) is 25.0 Å². The van der Waals surface area contributed by atoms with Gasteiger partial charge in [-0.05, 0) is 24.1 Å². The molecular weight excluding hydrogens is 333 g/mol. The average Bonchev–Trinajstić information content (AvgIpc) is 3.23. The summed E-state index contributed by atoms with van der Waals surface area (Å²) >= 11 is 0. The van der Waals surface area contributed by atoms with E-state index in [9.17, 15) is 26.4 Å². The van der Waals surface area contributed by atoms with Crippen LogP contribution in [0.25, 0.3) is 0 Å². The Morgan fingerprint density at radius 1 is 1.13 bits per heavy atom. The lowest BCUT2D eigenvalue weighted by atomic mass is 10.1. The van der Waals surface area contributed by atoms with Gasteiger partial charge in [-0.2, -0.15) is 0 Å². The summed E-state index contributed by atoms with van der Waals surface area (Å²) in [5.41, 5.74) is 0.299. The van der Waals surface area contributed by atoms with E-state index >= 15 is 0 Å². The lowest BCUT2D eigenvalue weighted by molar-refractivity contribution is 0.201. The van der Waals surface area contributed by atoms with Gasteiger partial charge in [-0.15, -0.1) is 0 Å². The molecule has 1 aromatic carbocycles. The first kappa shape index (κ1) is 16.1. The predicted octanol–water partition coefficient (Wildman–Crippen LogP) is 1.40. The van der Waals surface area contributed by atoms with E-state index in [1.807, 2.05) is 0 Å². The molecule has 0 aromatic heterocycles. The van der Waals surface area contributed by atoms with Gasteiger partial charge >= 0.3 is 6.03 Å². The van der Waals surface area contributed by atoms with Gasteiger partial charge < -0.3 is 10.2 Å². The van der Waals surface area contributed by atoms with Crippen molar-refractivity contribution in [2.24, 2.45) is 0 Å². The van der Waals surface area contributed by atoms with Gasteiger partial charge in [0.1, 0.15) is 0 Å². The summed E-state index contributed by atoms with van der Waals surface area (Å²) in [6.07, 6.45) is 0.502. The summed E-state index contributed by atoms with van der Waals surface area (Å²) in [6, 6.07) is 1.19. The second kappa shape index (κ2) is 5.70. The zero-order valence-corrected chi connectivity index (χ0v) is 12.9. The topological polar surface area (TPSA) is 66.5 Å². The molecule has 3 rings (SSSR count). The third kappa shape index (κ3) is 3.44. The van der Waals surface area contributed by atoms with Crippen molar-refractivity contribution in [3.8, 4) is 0 Å². The largest absolute Gasteiger partial charge is 0.335 e. The lowest BCUT2D eigenvalue weighted by Gasteiger charge is -2.26. The van der Waals surface area contributed by atoms with Crippen LogP contribution in [0.1, 0.15) is 17.9 Å². The summed E-state index contributed by atoms with van der Waals surface area (Å²) < 4.78 is 62.0. The number of carbonyl (C=O) groups is 1. The van der Waals surface area contributed by atoms with Crippen LogP contribution in [0.4, 0.5) is 18.0 Å². The van der Waals surface area contributed by atoms with Gasteiger partial charge in [-0.3, -0.25) is 0 Å². The van der Waals surface area contributed by atoms with Crippen LogP contribution in [0, 0.1) is 17.5 Å². The standard InChI is InChI=1S/C14H15F3N2O3S/c15-10-5-8(6-11(16)13(10)17)9-7-12(9)18-14(20)19-1-3-23(21,22)4-2-19/h5-6,9,12H,1-4,7H2,(H,18,20)/t9-,12+/m0/s1. The Labute approximate surface area is 131 Å². The van der Waals surface area contributed by atoms with E-state index < -0.39 is 33.3 Å². The Hall–Kier alpha value is -1.77. The van der Waals surface area contributed by atoms with E-state index in [0.717, 1.165) is 12.1 Å². The Morgan fingerprint density at radius 3 is 2.26 bits per heavy atom. The van der Waals surface area contributed by atoms with Gasteiger partial charge in [0.15, 0.2) is 27.3 Å². The van der Waals surface area contributed by atoms with Crippen LogP contribution in [0.5, 0.6) is 0 Å². The molecule has 1 aliphatic heterocycles. The van der Waals surface area contributed by atoms with Crippen molar-refractivity contribution in [3.05, 3.63) is 35.1 Å². The van der Waals surface area contributed by atoms with E-state index in [2.05, 4.69) is 5.32 Å². The minimum absolute atomic E-state index is 0.0666. The van der Waals surface area contributed by atoms with E-state index in [1.54, 1.807) is 0 Å². The molecule has 9 heteroatoms. The SMILES string of the molecule is O=C(N[C@@H]1C[C@H]1c1cc(F)c(F)c(F)c1)N1CCS(=O)(=O)CC1. The monoisotopic (exact) mass is 348 g/mol. The molecule has 126 valence electrons. The summed E-state index contributed by atoms with van der Waals surface area (Å²) in [5, 5.41) is 2.71. The van der Waals surface area contributed by atoms with Crippen LogP contribution in [-0.4, -0.2) is 50.0 Å². The summed E-state index contributed by atoms with van der Waals surface area (Å²) in [7, 11) is -3.07. The minimum Gasteiger partial charge on any atom is -0.335 e. The molecule has 1 aliphatic carbocycles. The molecule has 0 spiro atoms. The Balaban J connectivity index is 1.58. The molecule has 1 heterocycles. The molecule has 1 saturated carbocycles. The fourth-order valence-corrected chi connectivity index (χ4v) is 3.88. The molecular formula is C14H15F3N2O3S. The maximum Gasteiger partial charge on any atom is 0.317 e. The number of halogens is 3. The first-order chi connectivity index (χ1) is 10.8. The first-order valence-electron chi connectivity index (χ1n) is 7.17. The summed E-state index contributed by atoms with van der Waals surface area (Å²) in [6.45, 7) is 0.261. The average molecular weight is 348 g/mol. The van der Waals surface area contributed by atoms with Crippen molar-refractivity contribution in [2.75, 3.05) is 24.6 Å². The molecule has 0 bridgehead atoms. The van der Waals surface area contributed by atoms with Crippen molar-refractivity contribution >= 4 is 15.9 Å². The van der Waals surface area contributed by atoms with Crippen molar-refractivity contribution < 1.29 is 26.4 Å². The number of urea groups is 1. The Morgan fingerprint density at radius 2 is 1.70 bits per heavy atom. The molecule has 2 atom stereocenters. The normalized spacial score (nSPS) is 26.0. The van der Waals surface area contributed by atoms with Crippen LogP contribution in [-0.2, 0) is 9.84 Å². The molecule has 0 unspecified atom stereocenters. The van der Waals surface area contributed by atoms with E-state index in [1.165, 1.54) is 4.90 Å². The number of nitrogens with one attached hydrogen (secondary N) is 1. The first-order valence-corrected chi connectivity index (χ1v) is 8.99. The molecule has 0 radical (unpaired) electrons. The number of hydrogen-bond donors (Lipinski definition) is 1. The van der Waals surface area contributed by atoms with Crippen molar-refractivity contribution in [1.29, 1.82) is 0 Å². The number of benzene rings is 1. The smallest absolute Gasteiger partial charge is 0.317 e. The third-order valence-electron chi connectivity index (χ3n) is 4.17. The van der Waals surface area contributed by atoms with Gasteiger partial charge in [-0.25, -0.2) is 26.4 Å². The molecule has 5 nitrogen and oxygen atoms in total. The van der Waals surface area contributed by atoms with Gasteiger partial charge in [0.2, 0.25) is 0 Å². The Bertz CT molecular complexity index is 717. The fraction of sp³-hybridized carbons (Fsp3) is 0.500. The number of amides is 2. The number of hydrogen-bond acceptors (Lipinski definition) is 3. The van der Waals surface area contributed by atoms with Gasteiger partial charge in [-0.1, -0.05) is 0 Å². The number of nitrogens with zero attached hydrogens (tertiary/aromatic N) is 1. The Kier molecular flexibility index (Phi) is 3.99. The highest BCUT2D eigenvalue weighted by atomic mass is 32.2. The second-order valence-electron chi connectivity index (χ2n) is 5.84. The van der Waals surface area contributed by atoms with Crippen LogP contribution < -0.4 is 5.32 Å². The predicted molar refractivity (Wildman–Crippen MR) is 76.2 cm³/mol. The van der Waals surface area contributed by atoms with Crippen molar-refractivity contribution in [1.82, 2.24) is 10.2 Å². The maximum atomic E-state index is 13.2. The second-order valence-corrected chi connectivity index (χ2v) is 8.14. The van der Waals surface area contributed by atoms with Crippen LogP contribution in [0.2, 0.25) is 0 Å². The zero-order valence-electron chi connectivity index (χ0n) is 12.1. The highest BCUT2D eigenvalue weighted by Crippen LogP contribution is 2.41. The zero-order chi connectivity index (χ0) is 16.8. The van der Waals surface area contributed by atoms with E-state index in [4.69, 9.17) is 0 Å². The molecule has 2 aliphatic rings. The molecule has 2 fully saturated rings. The van der Waals surface area contributed by atoms with Crippen LogP contribution in [0.15, 0.2) is 12.1 Å². The van der Waals surface area contributed by atoms with Crippen molar-refractivity contribution in [2.45, 2.75) is 18.4 Å². The quantitative estimate of drug-likeness (QED) is 0.822. The summed E-state index contributed by atoms with van der Waals surface area (Å²) in [5.74, 6) is -4.41. The lowest BCUT2D eigenvalue weighted by Crippen LogP contribution is -2.48. The van der Waals surface area contributed by atoms with Crippen molar-refractivity contribution in [3.63, 3.8) is 0 Å². The van der Waals surface area contributed by atoms with Crippen LogP contribution in [0.3, 0.4) is 0 Å². The number of sulfone groups is 1. The number of carbonyl (C=O) groups excluding carboxylic acids is 1. The van der Waals surface area contributed by atoms with E-state index in [-0.39, 0.29) is 36.6 Å². The van der Waals surface area contributed by atoms with Crippen LogP contribution >= 0.6 is 0 Å². The summed E-state index contributed by atoms with van der Waals surface area (Å²) in [4.78, 5) is 13.4. The molecule has 1 saturated heterocycles. The van der Waals surface area contributed by atoms with Gasteiger partial charge in [0.25, 0.3) is 0 Å². The molecule has 1 aromatic rings. The number of rotatable bonds is 2. The highest BCUT2D eigenvalue weighted by molar-refractivity contribution is 7.91. The van der Waals surface area contributed by atoms with E-state index in [0.29, 0.717) is 12.0 Å².